The average Bonchev–Trinajstić information content (AvgIpc) is 3.18. The fourth-order valence-corrected chi connectivity index (χ4v) is 4.67. The van der Waals surface area contributed by atoms with Crippen molar-refractivity contribution in [1.82, 2.24) is 4.57 Å². The SMILES string of the molecule is O=C(O)c1ccc(-c2c(C3CCOCC3)n(-c3ccc(F)c(F)c3)c3cccc(O)c23)cc1. The summed E-state index contributed by atoms with van der Waals surface area (Å²) < 4.78 is 35.4. The molecule has 7 heteroatoms. The van der Waals surface area contributed by atoms with E-state index in [1.54, 1.807) is 24.3 Å². The number of fused-ring (bicyclic) bond motifs is 1. The Morgan fingerprint density at radius 1 is 0.970 bits per heavy atom. The minimum Gasteiger partial charge on any atom is -0.507 e. The molecule has 33 heavy (non-hydrogen) atoms. The fraction of sp³-hybridized carbons (Fsp3) is 0.192. The lowest BCUT2D eigenvalue weighted by Gasteiger charge is -2.26. The summed E-state index contributed by atoms with van der Waals surface area (Å²) in [6.45, 7) is 1.13. The van der Waals surface area contributed by atoms with Crippen LogP contribution in [0, 0.1) is 11.6 Å². The van der Waals surface area contributed by atoms with E-state index in [0.717, 1.165) is 41.8 Å². The van der Waals surface area contributed by atoms with Crippen LogP contribution in [0.3, 0.4) is 0 Å². The number of hydrogen-bond acceptors (Lipinski definition) is 3. The van der Waals surface area contributed by atoms with Crippen LogP contribution >= 0.6 is 0 Å². The van der Waals surface area contributed by atoms with E-state index in [-0.39, 0.29) is 17.2 Å². The number of carbonyl (C=O) groups is 1. The highest BCUT2D eigenvalue weighted by atomic mass is 19.2. The summed E-state index contributed by atoms with van der Waals surface area (Å²) in [6, 6.07) is 15.3. The van der Waals surface area contributed by atoms with Gasteiger partial charge in [0.2, 0.25) is 0 Å². The van der Waals surface area contributed by atoms with Gasteiger partial charge in [0.15, 0.2) is 11.6 Å². The third-order valence-corrected chi connectivity index (χ3v) is 6.20. The van der Waals surface area contributed by atoms with Gasteiger partial charge in [-0.05, 0) is 54.8 Å². The zero-order valence-electron chi connectivity index (χ0n) is 17.6. The lowest BCUT2D eigenvalue weighted by Crippen LogP contribution is -2.17. The Hall–Kier alpha value is -3.71. The van der Waals surface area contributed by atoms with Crippen molar-refractivity contribution in [3.8, 4) is 22.6 Å². The third-order valence-electron chi connectivity index (χ3n) is 6.20. The molecule has 1 fully saturated rings. The summed E-state index contributed by atoms with van der Waals surface area (Å²) in [5.41, 5.74) is 3.58. The molecular formula is C26H21F2NO4. The number of phenolic OH excluding ortho intramolecular Hbond substituents is 1. The van der Waals surface area contributed by atoms with Gasteiger partial charge in [0.05, 0.1) is 11.1 Å². The van der Waals surface area contributed by atoms with E-state index < -0.39 is 17.6 Å². The fourth-order valence-electron chi connectivity index (χ4n) is 4.67. The molecule has 0 saturated carbocycles. The molecule has 5 rings (SSSR count). The predicted molar refractivity (Wildman–Crippen MR) is 120 cm³/mol. The molecule has 0 radical (unpaired) electrons. The molecule has 1 saturated heterocycles. The molecule has 0 aliphatic carbocycles. The maximum absolute atomic E-state index is 14.3. The van der Waals surface area contributed by atoms with Crippen LogP contribution in [0.2, 0.25) is 0 Å². The van der Waals surface area contributed by atoms with Crippen LogP contribution < -0.4 is 0 Å². The molecule has 0 atom stereocenters. The molecule has 168 valence electrons. The smallest absolute Gasteiger partial charge is 0.335 e. The highest BCUT2D eigenvalue weighted by Crippen LogP contribution is 2.46. The second kappa shape index (κ2) is 8.33. The highest BCUT2D eigenvalue weighted by molar-refractivity contribution is 6.03. The van der Waals surface area contributed by atoms with Crippen molar-refractivity contribution in [2.24, 2.45) is 0 Å². The van der Waals surface area contributed by atoms with Crippen molar-refractivity contribution in [3.05, 3.63) is 83.6 Å². The minimum absolute atomic E-state index is 0.0350. The lowest BCUT2D eigenvalue weighted by atomic mass is 9.89. The molecular weight excluding hydrogens is 428 g/mol. The topological polar surface area (TPSA) is 71.7 Å². The van der Waals surface area contributed by atoms with Gasteiger partial charge in [0.1, 0.15) is 5.75 Å². The van der Waals surface area contributed by atoms with Gasteiger partial charge in [-0.3, -0.25) is 0 Å². The third kappa shape index (κ3) is 3.64. The normalized spacial score (nSPS) is 14.6. The average molecular weight is 449 g/mol. The van der Waals surface area contributed by atoms with Crippen molar-refractivity contribution in [2.45, 2.75) is 18.8 Å². The van der Waals surface area contributed by atoms with Crippen LogP contribution in [0.25, 0.3) is 27.7 Å². The van der Waals surface area contributed by atoms with Crippen LogP contribution in [0.1, 0.15) is 34.8 Å². The first-order valence-electron chi connectivity index (χ1n) is 10.7. The summed E-state index contributed by atoms with van der Waals surface area (Å²) in [5.74, 6) is -2.83. The summed E-state index contributed by atoms with van der Waals surface area (Å²) in [5, 5.41) is 20.7. The van der Waals surface area contributed by atoms with Crippen molar-refractivity contribution in [3.63, 3.8) is 0 Å². The Balaban J connectivity index is 1.86. The van der Waals surface area contributed by atoms with Crippen LogP contribution in [-0.2, 0) is 4.74 Å². The van der Waals surface area contributed by atoms with E-state index in [0.29, 0.717) is 29.8 Å². The lowest BCUT2D eigenvalue weighted by molar-refractivity contribution is 0.0697. The maximum atomic E-state index is 14.3. The number of aromatic carboxylic acids is 1. The van der Waals surface area contributed by atoms with Gasteiger partial charge in [-0.15, -0.1) is 0 Å². The molecule has 3 aromatic carbocycles. The van der Waals surface area contributed by atoms with Crippen molar-refractivity contribution in [2.75, 3.05) is 13.2 Å². The first-order chi connectivity index (χ1) is 16.0. The predicted octanol–water partition coefficient (Wildman–Crippen LogP) is 5.87. The number of ether oxygens (including phenoxy) is 1. The summed E-state index contributed by atoms with van der Waals surface area (Å²) >= 11 is 0. The van der Waals surface area contributed by atoms with Gasteiger partial charge < -0.3 is 19.5 Å². The first kappa shape index (κ1) is 21.2. The standard InChI is InChI=1S/C26H21F2NO4/c27-19-9-8-18(14-20(19)28)29-21-2-1-3-22(30)24(21)23(25(29)16-10-12-33-13-11-16)15-4-6-17(7-5-15)26(31)32/h1-9,14,16,30H,10-13H2,(H,31,32). The monoisotopic (exact) mass is 449 g/mol. The van der Waals surface area contributed by atoms with Crippen LogP contribution in [0.5, 0.6) is 5.75 Å². The van der Waals surface area contributed by atoms with E-state index in [2.05, 4.69) is 0 Å². The Morgan fingerprint density at radius 3 is 2.36 bits per heavy atom. The molecule has 1 aliphatic rings. The van der Waals surface area contributed by atoms with Gasteiger partial charge >= 0.3 is 5.97 Å². The Kier molecular flexibility index (Phi) is 5.34. The molecule has 2 N–H and O–H groups in total. The second-order valence-electron chi connectivity index (χ2n) is 8.13. The van der Waals surface area contributed by atoms with Crippen molar-refractivity contribution in [1.29, 1.82) is 0 Å². The van der Waals surface area contributed by atoms with Crippen LogP contribution in [-0.4, -0.2) is 34.0 Å². The van der Waals surface area contributed by atoms with Crippen molar-refractivity contribution >= 4 is 16.9 Å². The summed E-state index contributed by atoms with van der Waals surface area (Å²) in [4.78, 5) is 11.4. The largest absolute Gasteiger partial charge is 0.507 e. The first-order valence-corrected chi connectivity index (χ1v) is 10.7. The maximum Gasteiger partial charge on any atom is 0.335 e. The van der Waals surface area contributed by atoms with E-state index in [1.807, 2.05) is 10.6 Å². The molecule has 1 aromatic heterocycles. The summed E-state index contributed by atoms with van der Waals surface area (Å²) in [7, 11) is 0. The summed E-state index contributed by atoms with van der Waals surface area (Å²) in [6.07, 6.45) is 1.45. The van der Waals surface area contributed by atoms with Crippen LogP contribution in [0.4, 0.5) is 8.78 Å². The number of benzene rings is 3. The quantitative estimate of drug-likeness (QED) is 0.409. The van der Waals surface area contributed by atoms with Gasteiger partial charge in [-0.25, -0.2) is 13.6 Å². The molecule has 5 nitrogen and oxygen atoms in total. The van der Waals surface area contributed by atoms with Gasteiger partial charge in [0, 0.05) is 47.5 Å². The Labute approximate surface area is 188 Å². The zero-order chi connectivity index (χ0) is 23.1. The minimum atomic E-state index is -1.03. The van der Waals surface area contributed by atoms with E-state index in [9.17, 15) is 23.8 Å². The number of halogens is 2. The molecule has 4 aromatic rings. The number of carboxylic acid groups (broad SMARTS) is 1. The molecule has 0 unspecified atom stereocenters. The number of rotatable bonds is 4. The number of nitrogens with zero attached hydrogens (tertiary/aromatic N) is 1. The zero-order valence-corrected chi connectivity index (χ0v) is 17.6. The number of carboxylic acids is 1. The number of aromatic nitrogens is 1. The van der Waals surface area contributed by atoms with E-state index >= 15 is 0 Å². The van der Waals surface area contributed by atoms with Crippen molar-refractivity contribution < 1.29 is 28.5 Å². The number of aromatic hydroxyl groups is 1. The second-order valence-corrected chi connectivity index (χ2v) is 8.13. The Bertz CT molecular complexity index is 1360. The van der Waals surface area contributed by atoms with Gasteiger partial charge in [-0.1, -0.05) is 18.2 Å². The van der Waals surface area contributed by atoms with E-state index in [1.165, 1.54) is 18.2 Å². The molecule has 1 aliphatic heterocycles. The van der Waals surface area contributed by atoms with E-state index in [4.69, 9.17) is 4.74 Å². The van der Waals surface area contributed by atoms with Gasteiger partial charge in [0.25, 0.3) is 0 Å². The Morgan fingerprint density at radius 2 is 1.70 bits per heavy atom. The highest BCUT2D eigenvalue weighted by Gasteiger charge is 2.29. The molecule has 0 spiro atoms. The van der Waals surface area contributed by atoms with Gasteiger partial charge in [-0.2, -0.15) is 0 Å². The molecule has 0 amide bonds. The molecule has 2 heterocycles. The number of phenols is 1. The van der Waals surface area contributed by atoms with Crippen LogP contribution in [0.15, 0.2) is 60.7 Å². The number of hydrogen-bond donors (Lipinski definition) is 2. The molecule has 0 bridgehead atoms.